The van der Waals surface area contributed by atoms with E-state index < -0.39 is 11.6 Å². The molecule has 1 aromatic heterocycles. The van der Waals surface area contributed by atoms with Gasteiger partial charge in [-0.3, -0.25) is 0 Å². The van der Waals surface area contributed by atoms with Crippen molar-refractivity contribution in [2.75, 3.05) is 0 Å². The lowest BCUT2D eigenvalue weighted by atomic mass is 10.1. The lowest BCUT2D eigenvalue weighted by Gasteiger charge is -2.19. The number of aromatic nitrogens is 3. The number of nitrogens with zero attached hydrogens (tertiary/aromatic N) is 3. The van der Waals surface area contributed by atoms with E-state index in [1.54, 1.807) is 0 Å². The standard InChI is InChI=1S/C14H17BrF2N4/c1-14(2,3)19-6-12-18-8-21(20-12)7-9-11(16)5-4-10(15)13(9)17/h4-5,8,19H,6-7H2,1-3H3. The Morgan fingerprint density at radius 1 is 1.29 bits per heavy atom. The summed E-state index contributed by atoms with van der Waals surface area (Å²) in [6, 6.07) is 2.57. The normalized spacial score (nSPS) is 11.9. The van der Waals surface area contributed by atoms with Crippen LogP contribution >= 0.6 is 15.9 Å². The Balaban J connectivity index is 2.11. The van der Waals surface area contributed by atoms with Crippen molar-refractivity contribution in [2.24, 2.45) is 0 Å². The summed E-state index contributed by atoms with van der Waals surface area (Å²) < 4.78 is 29.2. The van der Waals surface area contributed by atoms with Crippen molar-refractivity contribution >= 4 is 15.9 Å². The molecule has 21 heavy (non-hydrogen) atoms. The van der Waals surface area contributed by atoms with Crippen molar-refractivity contribution in [3.05, 3.63) is 46.0 Å². The van der Waals surface area contributed by atoms with Crippen LogP contribution in [0.1, 0.15) is 32.2 Å². The van der Waals surface area contributed by atoms with Crippen molar-refractivity contribution < 1.29 is 8.78 Å². The van der Waals surface area contributed by atoms with Crippen LogP contribution in [0.5, 0.6) is 0 Å². The third-order valence-corrected chi connectivity index (χ3v) is 3.43. The minimum Gasteiger partial charge on any atom is -0.305 e. The largest absolute Gasteiger partial charge is 0.305 e. The molecule has 0 aliphatic heterocycles. The average molecular weight is 359 g/mol. The molecule has 0 aliphatic carbocycles. The van der Waals surface area contributed by atoms with Gasteiger partial charge in [0.1, 0.15) is 18.0 Å². The Morgan fingerprint density at radius 2 is 2.00 bits per heavy atom. The number of rotatable bonds is 4. The van der Waals surface area contributed by atoms with Gasteiger partial charge in [-0.05, 0) is 48.8 Å². The van der Waals surface area contributed by atoms with Crippen LogP contribution in [0.25, 0.3) is 0 Å². The first-order chi connectivity index (χ1) is 9.76. The molecule has 0 bridgehead atoms. The van der Waals surface area contributed by atoms with E-state index in [2.05, 4.69) is 31.3 Å². The van der Waals surface area contributed by atoms with Crippen LogP contribution in [0, 0.1) is 11.6 Å². The molecule has 2 rings (SSSR count). The third-order valence-electron chi connectivity index (χ3n) is 2.82. The van der Waals surface area contributed by atoms with Crippen molar-refractivity contribution in [1.29, 1.82) is 0 Å². The predicted octanol–water partition coefficient (Wildman–Crippen LogP) is 3.26. The van der Waals surface area contributed by atoms with E-state index in [9.17, 15) is 8.78 Å². The molecule has 2 aromatic rings. The fourth-order valence-electron chi connectivity index (χ4n) is 1.71. The predicted molar refractivity (Wildman–Crippen MR) is 79.8 cm³/mol. The van der Waals surface area contributed by atoms with Crippen molar-refractivity contribution in [2.45, 2.75) is 39.4 Å². The molecular weight excluding hydrogens is 342 g/mol. The Bertz CT molecular complexity index is 634. The van der Waals surface area contributed by atoms with Crippen LogP contribution in [0.15, 0.2) is 22.9 Å². The molecule has 1 aromatic carbocycles. The van der Waals surface area contributed by atoms with Crippen molar-refractivity contribution in [3.63, 3.8) is 0 Å². The minimum atomic E-state index is -0.611. The van der Waals surface area contributed by atoms with Crippen LogP contribution in [0.3, 0.4) is 0 Å². The number of halogens is 3. The maximum atomic E-state index is 13.9. The van der Waals surface area contributed by atoms with E-state index >= 15 is 0 Å². The zero-order chi connectivity index (χ0) is 15.6. The van der Waals surface area contributed by atoms with Gasteiger partial charge in [-0.25, -0.2) is 18.4 Å². The summed E-state index contributed by atoms with van der Waals surface area (Å²) in [4.78, 5) is 4.13. The number of benzene rings is 1. The molecule has 0 amide bonds. The van der Waals surface area contributed by atoms with Gasteiger partial charge in [0, 0.05) is 11.1 Å². The Kier molecular flexibility index (Phi) is 4.73. The summed E-state index contributed by atoms with van der Waals surface area (Å²) in [5, 5.41) is 7.47. The SMILES string of the molecule is CC(C)(C)NCc1ncn(Cc2c(F)ccc(Br)c2F)n1. The first-order valence-corrected chi connectivity index (χ1v) is 7.31. The molecule has 0 fully saturated rings. The maximum absolute atomic E-state index is 13.9. The van der Waals surface area contributed by atoms with E-state index in [0.29, 0.717) is 12.4 Å². The van der Waals surface area contributed by atoms with Gasteiger partial charge in [-0.1, -0.05) is 0 Å². The smallest absolute Gasteiger partial charge is 0.164 e. The van der Waals surface area contributed by atoms with Gasteiger partial charge in [-0.2, -0.15) is 5.10 Å². The molecule has 4 nitrogen and oxygen atoms in total. The van der Waals surface area contributed by atoms with Gasteiger partial charge in [0.25, 0.3) is 0 Å². The van der Waals surface area contributed by atoms with E-state index in [1.165, 1.54) is 23.1 Å². The summed E-state index contributed by atoms with van der Waals surface area (Å²) in [5.74, 6) is -0.624. The number of nitrogens with one attached hydrogen (secondary N) is 1. The molecule has 7 heteroatoms. The number of hydrogen-bond donors (Lipinski definition) is 1. The summed E-state index contributed by atoms with van der Waals surface area (Å²) in [6.45, 7) is 6.61. The van der Waals surface area contributed by atoms with Gasteiger partial charge >= 0.3 is 0 Å². The first kappa shape index (κ1) is 16.0. The Morgan fingerprint density at radius 3 is 2.67 bits per heavy atom. The number of hydrogen-bond acceptors (Lipinski definition) is 3. The molecule has 1 N–H and O–H groups in total. The summed E-state index contributed by atoms with van der Waals surface area (Å²) in [5.41, 5.74) is -0.0851. The molecule has 0 unspecified atom stereocenters. The molecule has 0 radical (unpaired) electrons. The summed E-state index contributed by atoms with van der Waals surface area (Å²) in [6.07, 6.45) is 1.47. The third kappa shape index (κ3) is 4.31. The molecule has 0 saturated heterocycles. The first-order valence-electron chi connectivity index (χ1n) is 6.52. The van der Waals surface area contributed by atoms with E-state index in [0.717, 1.165) is 0 Å². The molecule has 0 aliphatic rings. The fourth-order valence-corrected chi connectivity index (χ4v) is 2.08. The maximum Gasteiger partial charge on any atom is 0.164 e. The Labute approximate surface area is 130 Å². The molecular formula is C14H17BrF2N4. The highest BCUT2D eigenvalue weighted by Gasteiger charge is 2.14. The van der Waals surface area contributed by atoms with E-state index in [1.807, 2.05) is 20.8 Å². The van der Waals surface area contributed by atoms with Crippen molar-refractivity contribution in [1.82, 2.24) is 20.1 Å². The second-order valence-electron chi connectivity index (χ2n) is 5.78. The average Bonchev–Trinajstić information content (AvgIpc) is 2.84. The van der Waals surface area contributed by atoms with Crippen molar-refractivity contribution in [3.8, 4) is 0 Å². The van der Waals surface area contributed by atoms with E-state index in [4.69, 9.17) is 0 Å². The van der Waals surface area contributed by atoms with Crippen LogP contribution in [-0.4, -0.2) is 20.3 Å². The highest BCUT2D eigenvalue weighted by Crippen LogP contribution is 2.22. The zero-order valence-corrected chi connectivity index (χ0v) is 13.7. The second-order valence-corrected chi connectivity index (χ2v) is 6.64. The summed E-state index contributed by atoms with van der Waals surface area (Å²) in [7, 11) is 0. The monoisotopic (exact) mass is 358 g/mol. The van der Waals surface area contributed by atoms with Gasteiger partial charge < -0.3 is 5.32 Å². The quantitative estimate of drug-likeness (QED) is 0.853. The molecule has 1 heterocycles. The molecule has 0 spiro atoms. The minimum absolute atomic E-state index is 0.000372. The van der Waals surface area contributed by atoms with Crippen LogP contribution in [0.2, 0.25) is 0 Å². The topological polar surface area (TPSA) is 42.7 Å². The lowest BCUT2D eigenvalue weighted by Crippen LogP contribution is -2.35. The van der Waals surface area contributed by atoms with Gasteiger partial charge in [-0.15, -0.1) is 0 Å². The summed E-state index contributed by atoms with van der Waals surface area (Å²) >= 11 is 3.05. The fraction of sp³-hybridized carbons (Fsp3) is 0.429. The van der Waals surface area contributed by atoms with Gasteiger partial charge in [0.15, 0.2) is 5.82 Å². The van der Waals surface area contributed by atoms with Gasteiger partial charge in [0.05, 0.1) is 17.6 Å². The Hall–Kier alpha value is -1.34. The van der Waals surface area contributed by atoms with Crippen LogP contribution in [0.4, 0.5) is 8.78 Å². The highest BCUT2D eigenvalue weighted by atomic mass is 79.9. The zero-order valence-electron chi connectivity index (χ0n) is 12.1. The lowest BCUT2D eigenvalue weighted by molar-refractivity contribution is 0.416. The van der Waals surface area contributed by atoms with E-state index in [-0.39, 0.29) is 22.1 Å². The molecule has 0 saturated carbocycles. The molecule has 114 valence electrons. The highest BCUT2D eigenvalue weighted by molar-refractivity contribution is 9.10. The van der Waals surface area contributed by atoms with Crippen LogP contribution < -0.4 is 5.32 Å². The second kappa shape index (κ2) is 6.19. The van der Waals surface area contributed by atoms with Gasteiger partial charge in [0.2, 0.25) is 0 Å². The molecule has 0 atom stereocenters. The van der Waals surface area contributed by atoms with Crippen LogP contribution in [-0.2, 0) is 13.1 Å².